The van der Waals surface area contributed by atoms with E-state index in [1.54, 1.807) is 11.3 Å². The van der Waals surface area contributed by atoms with Crippen molar-refractivity contribution in [2.24, 2.45) is 5.92 Å². The second kappa shape index (κ2) is 12.8. The second-order valence-corrected chi connectivity index (χ2v) is 5.50. The van der Waals surface area contributed by atoms with E-state index in [0.29, 0.717) is 0 Å². The van der Waals surface area contributed by atoms with Crippen molar-refractivity contribution in [1.29, 1.82) is 0 Å². The SMILES string of the molecule is C.C.CC/C(C)=C/c1csc(C)n1.CCC(C)C. The molecule has 0 aliphatic heterocycles. The monoisotopic (exact) mass is 271 g/mol. The molecular formula is C16H33NS. The first-order valence-electron chi connectivity index (χ1n) is 6.08. The maximum atomic E-state index is 4.34. The topological polar surface area (TPSA) is 12.9 Å². The van der Waals surface area contributed by atoms with E-state index in [0.717, 1.165) is 23.0 Å². The van der Waals surface area contributed by atoms with Crippen molar-refractivity contribution in [3.63, 3.8) is 0 Å². The van der Waals surface area contributed by atoms with E-state index in [-0.39, 0.29) is 14.9 Å². The lowest BCUT2D eigenvalue weighted by atomic mass is 10.2. The number of rotatable bonds is 3. The zero-order valence-electron chi connectivity index (χ0n) is 11.5. The van der Waals surface area contributed by atoms with Crippen LogP contribution in [-0.4, -0.2) is 4.98 Å². The Morgan fingerprint density at radius 3 is 2.11 bits per heavy atom. The van der Waals surface area contributed by atoms with Gasteiger partial charge in [0, 0.05) is 5.38 Å². The maximum Gasteiger partial charge on any atom is 0.0901 e. The Bertz CT molecular complexity index is 311. The van der Waals surface area contributed by atoms with Crippen LogP contribution in [0.1, 0.15) is 73.0 Å². The number of aryl methyl sites for hydroxylation is 1. The molecule has 0 aliphatic rings. The lowest BCUT2D eigenvalue weighted by Crippen LogP contribution is -1.77. The predicted octanol–water partition coefficient (Wildman–Crippen LogP) is 6.59. The van der Waals surface area contributed by atoms with Gasteiger partial charge in [-0.05, 0) is 32.3 Å². The minimum Gasteiger partial charge on any atom is -0.242 e. The molecule has 0 radical (unpaired) electrons. The average molecular weight is 272 g/mol. The lowest BCUT2D eigenvalue weighted by Gasteiger charge is -1.90. The van der Waals surface area contributed by atoms with Crippen LogP contribution in [0.5, 0.6) is 0 Å². The maximum absolute atomic E-state index is 4.34. The van der Waals surface area contributed by atoms with Crippen molar-refractivity contribution in [2.45, 2.75) is 69.2 Å². The normalized spacial score (nSPS) is 10.1. The van der Waals surface area contributed by atoms with Gasteiger partial charge in [-0.2, -0.15) is 0 Å². The van der Waals surface area contributed by atoms with Crippen LogP contribution in [0.15, 0.2) is 11.0 Å². The third-order valence-electron chi connectivity index (χ3n) is 2.41. The molecule has 0 unspecified atom stereocenters. The second-order valence-electron chi connectivity index (χ2n) is 4.44. The van der Waals surface area contributed by atoms with Gasteiger partial charge >= 0.3 is 0 Å². The van der Waals surface area contributed by atoms with Gasteiger partial charge in [-0.1, -0.05) is 54.5 Å². The minimum absolute atomic E-state index is 0. The van der Waals surface area contributed by atoms with Gasteiger partial charge in [0.2, 0.25) is 0 Å². The molecule has 0 amide bonds. The summed E-state index contributed by atoms with van der Waals surface area (Å²) in [5.41, 5.74) is 2.49. The highest BCUT2D eigenvalue weighted by molar-refractivity contribution is 7.09. The number of allylic oxidation sites excluding steroid dienone is 1. The van der Waals surface area contributed by atoms with Gasteiger partial charge in [0.15, 0.2) is 0 Å². The summed E-state index contributed by atoms with van der Waals surface area (Å²) in [5, 5.41) is 3.23. The van der Waals surface area contributed by atoms with E-state index >= 15 is 0 Å². The van der Waals surface area contributed by atoms with Crippen molar-refractivity contribution in [2.75, 3.05) is 0 Å². The Hall–Kier alpha value is -0.630. The lowest BCUT2D eigenvalue weighted by molar-refractivity contribution is 0.626. The fraction of sp³-hybridized carbons (Fsp3) is 0.688. The van der Waals surface area contributed by atoms with E-state index in [1.165, 1.54) is 12.0 Å². The molecule has 1 nitrogen and oxygen atoms in total. The summed E-state index contributed by atoms with van der Waals surface area (Å²) in [6.45, 7) is 13.0. The molecule has 0 fully saturated rings. The van der Waals surface area contributed by atoms with Gasteiger partial charge in [-0.15, -0.1) is 11.3 Å². The third kappa shape index (κ3) is 11.8. The van der Waals surface area contributed by atoms with Gasteiger partial charge < -0.3 is 0 Å². The Labute approximate surface area is 119 Å². The molecule has 108 valence electrons. The van der Waals surface area contributed by atoms with Gasteiger partial charge in [0.05, 0.1) is 10.7 Å². The molecule has 2 heteroatoms. The number of aromatic nitrogens is 1. The largest absolute Gasteiger partial charge is 0.242 e. The van der Waals surface area contributed by atoms with E-state index < -0.39 is 0 Å². The first-order chi connectivity index (χ1) is 7.49. The van der Waals surface area contributed by atoms with Gasteiger partial charge in [-0.25, -0.2) is 4.98 Å². The Morgan fingerprint density at radius 1 is 1.33 bits per heavy atom. The molecule has 1 heterocycles. The van der Waals surface area contributed by atoms with Crippen molar-refractivity contribution in [3.8, 4) is 0 Å². The zero-order chi connectivity index (χ0) is 12.6. The third-order valence-corrected chi connectivity index (χ3v) is 3.20. The van der Waals surface area contributed by atoms with Crippen LogP contribution < -0.4 is 0 Å². The Kier molecular flexibility index (Phi) is 16.1. The average Bonchev–Trinajstić information content (AvgIpc) is 2.64. The summed E-state index contributed by atoms with van der Waals surface area (Å²) in [5.74, 6) is 0.884. The highest BCUT2D eigenvalue weighted by atomic mass is 32.1. The molecule has 0 atom stereocenters. The molecule has 0 bridgehead atoms. The van der Waals surface area contributed by atoms with Crippen LogP contribution in [-0.2, 0) is 0 Å². The van der Waals surface area contributed by atoms with Crippen molar-refractivity contribution >= 4 is 17.4 Å². The molecule has 18 heavy (non-hydrogen) atoms. The Balaban J connectivity index is -0.000000282. The summed E-state index contributed by atoms with van der Waals surface area (Å²) in [6, 6.07) is 0. The Morgan fingerprint density at radius 2 is 1.83 bits per heavy atom. The molecular weight excluding hydrogens is 238 g/mol. The predicted molar refractivity (Wildman–Crippen MR) is 89.4 cm³/mol. The molecule has 0 aliphatic carbocycles. The standard InChI is InChI=1S/C9H13NS.C5H12.2CH4/c1-4-7(2)5-9-6-11-8(3)10-9;1-4-5(2)3;;/h5-6H,4H2,1-3H3;5H,4H2,1-3H3;2*1H4/b7-5+;;;. The van der Waals surface area contributed by atoms with E-state index in [2.05, 4.69) is 51.1 Å². The zero-order valence-corrected chi connectivity index (χ0v) is 12.3. The molecule has 0 aromatic carbocycles. The van der Waals surface area contributed by atoms with Crippen LogP contribution in [0.4, 0.5) is 0 Å². The molecule has 1 aromatic heterocycles. The van der Waals surface area contributed by atoms with Crippen LogP contribution >= 0.6 is 11.3 Å². The summed E-state index contributed by atoms with van der Waals surface area (Å²) in [6.07, 6.45) is 4.56. The fourth-order valence-electron chi connectivity index (χ4n) is 0.801. The van der Waals surface area contributed by atoms with E-state index in [4.69, 9.17) is 0 Å². The van der Waals surface area contributed by atoms with Crippen LogP contribution in [0.25, 0.3) is 6.08 Å². The van der Waals surface area contributed by atoms with Gasteiger partial charge in [0.25, 0.3) is 0 Å². The van der Waals surface area contributed by atoms with Crippen molar-refractivity contribution in [3.05, 3.63) is 21.7 Å². The highest BCUT2D eigenvalue weighted by Crippen LogP contribution is 2.12. The molecule has 1 aromatic rings. The quantitative estimate of drug-likeness (QED) is 0.604. The van der Waals surface area contributed by atoms with Crippen molar-refractivity contribution in [1.82, 2.24) is 4.98 Å². The van der Waals surface area contributed by atoms with Crippen LogP contribution in [0.2, 0.25) is 0 Å². The number of hydrogen-bond donors (Lipinski definition) is 0. The number of nitrogens with zero attached hydrogens (tertiary/aromatic N) is 1. The molecule has 0 saturated carbocycles. The number of thiazole rings is 1. The highest BCUT2D eigenvalue weighted by Gasteiger charge is 1.93. The first-order valence-corrected chi connectivity index (χ1v) is 6.96. The molecule has 0 spiro atoms. The molecule has 1 rings (SSSR count). The summed E-state index contributed by atoms with van der Waals surface area (Å²) in [4.78, 5) is 4.34. The van der Waals surface area contributed by atoms with E-state index in [9.17, 15) is 0 Å². The smallest absolute Gasteiger partial charge is 0.0901 e. The van der Waals surface area contributed by atoms with E-state index in [1.807, 2.05) is 6.92 Å². The summed E-state index contributed by atoms with van der Waals surface area (Å²) < 4.78 is 0. The van der Waals surface area contributed by atoms with Gasteiger partial charge in [-0.3, -0.25) is 0 Å². The van der Waals surface area contributed by atoms with Crippen LogP contribution in [0, 0.1) is 12.8 Å². The summed E-state index contributed by atoms with van der Waals surface area (Å²) >= 11 is 1.70. The fourth-order valence-corrected chi connectivity index (χ4v) is 1.37. The minimum atomic E-state index is 0. The van der Waals surface area contributed by atoms with Gasteiger partial charge in [0.1, 0.15) is 0 Å². The van der Waals surface area contributed by atoms with Crippen molar-refractivity contribution < 1.29 is 0 Å². The molecule has 0 N–H and O–H groups in total. The summed E-state index contributed by atoms with van der Waals surface area (Å²) in [7, 11) is 0. The molecule has 0 saturated heterocycles. The van der Waals surface area contributed by atoms with Crippen LogP contribution in [0.3, 0.4) is 0 Å². The number of hydrogen-bond acceptors (Lipinski definition) is 2. The first kappa shape index (κ1) is 22.5.